The smallest absolute Gasteiger partial charge is 0.224 e. The number of rotatable bonds is 5. The molecule has 4 nitrogen and oxygen atoms in total. The van der Waals surface area contributed by atoms with Crippen molar-refractivity contribution in [3.05, 3.63) is 59.7 Å². The van der Waals surface area contributed by atoms with Crippen molar-refractivity contribution in [1.82, 2.24) is 5.32 Å². The zero-order valence-electron chi connectivity index (χ0n) is 11.4. The van der Waals surface area contributed by atoms with Gasteiger partial charge in [0.05, 0.1) is 13.5 Å². The lowest BCUT2D eigenvalue weighted by molar-refractivity contribution is -0.120. The molecule has 0 atom stereocenters. The summed E-state index contributed by atoms with van der Waals surface area (Å²) in [4.78, 5) is 11.9. The van der Waals surface area contributed by atoms with Crippen LogP contribution in [0.1, 0.15) is 11.1 Å². The Morgan fingerprint density at radius 1 is 1.15 bits per heavy atom. The summed E-state index contributed by atoms with van der Waals surface area (Å²) in [7, 11) is 1.61. The fourth-order valence-electron chi connectivity index (χ4n) is 1.93. The minimum absolute atomic E-state index is 0.0272. The monoisotopic (exact) mass is 270 g/mol. The Labute approximate surface area is 118 Å². The molecule has 0 saturated heterocycles. The predicted octanol–water partition coefficient (Wildman–Crippen LogP) is 2.14. The zero-order chi connectivity index (χ0) is 14.4. The fraction of sp³-hybridized carbons (Fsp3) is 0.188. The first-order chi connectivity index (χ1) is 9.67. The summed E-state index contributed by atoms with van der Waals surface area (Å²) in [5.74, 6) is 0.729. The van der Waals surface area contributed by atoms with Gasteiger partial charge in [-0.05, 0) is 35.4 Å². The largest absolute Gasteiger partial charge is 0.497 e. The molecule has 0 aliphatic carbocycles. The molecule has 20 heavy (non-hydrogen) atoms. The first kappa shape index (κ1) is 13.9. The second kappa shape index (κ2) is 6.61. The third kappa shape index (κ3) is 4.02. The number of amides is 1. The van der Waals surface area contributed by atoms with E-state index in [1.165, 1.54) is 0 Å². The average molecular weight is 270 g/mol. The number of nitrogens with two attached hydrogens (primary N) is 1. The van der Waals surface area contributed by atoms with Gasteiger partial charge in [-0.1, -0.05) is 24.3 Å². The molecule has 0 bridgehead atoms. The Morgan fingerprint density at radius 2 is 1.90 bits per heavy atom. The molecular weight excluding hydrogens is 252 g/mol. The van der Waals surface area contributed by atoms with Gasteiger partial charge in [-0.3, -0.25) is 4.79 Å². The lowest BCUT2D eigenvalue weighted by Crippen LogP contribution is -2.24. The number of nitrogen functional groups attached to an aromatic ring is 1. The van der Waals surface area contributed by atoms with Gasteiger partial charge in [0.2, 0.25) is 5.91 Å². The van der Waals surface area contributed by atoms with Crippen LogP contribution in [0.4, 0.5) is 5.69 Å². The van der Waals surface area contributed by atoms with Gasteiger partial charge in [0.1, 0.15) is 5.75 Å². The first-order valence-corrected chi connectivity index (χ1v) is 6.41. The number of ether oxygens (including phenoxy) is 1. The third-order valence-corrected chi connectivity index (χ3v) is 2.94. The molecule has 104 valence electrons. The van der Waals surface area contributed by atoms with Crippen molar-refractivity contribution >= 4 is 11.6 Å². The van der Waals surface area contributed by atoms with Gasteiger partial charge in [0.25, 0.3) is 0 Å². The SMILES string of the molecule is COc1cccc(CC(=O)NCc2cccc(N)c2)c1. The number of anilines is 1. The van der Waals surface area contributed by atoms with Crippen LogP contribution in [0.15, 0.2) is 48.5 Å². The van der Waals surface area contributed by atoms with E-state index in [0.717, 1.165) is 16.9 Å². The maximum atomic E-state index is 11.9. The number of benzene rings is 2. The van der Waals surface area contributed by atoms with Crippen molar-refractivity contribution in [2.75, 3.05) is 12.8 Å². The molecule has 0 saturated carbocycles. The van der Waals surface area contributed by atoms with Gasteiger partial charge < -0.3 is 15.8 Å². The van der Waals surface area contributed by atoms with Crippen LogP contribution < -0.4 is 15.8 Å². The lowest BCUT2D eigenvalue weighted by Gasteiger charge is -2.07. The number of hydrogen-bond acceptors (Lipinski definition) is 3. The number of hydrogen-bond donors (Lipinski definition) is 2. The minimum atomic E-state index is -0.0272. The third-order valence-electron chi connectivity index (χ3n) is 2.94. The van der Waals surface area contributed by atoms with E-state index in [2.05, 4.69) is 5.32 Å². The highest BCUT2D eigenvalue weighted by Gasteiger charge is 2.04. The standard InChI is InChI=1S/C16H18N2O2/c1-20-15-7-3-4-12(9-15)10-16(19)18-11-13-5-2-6-14(17)8-13/h2-9H,10-11,17H2,1H3,(H,18,19). The van der Waals surface area contributed by atoms with E-state index in [4.69, 9.17) is 10.5 Å². The highest BCUT2D eigenvalue weighted by atomic mass is 16.5. The summed E-state index contributed by atoms with van der Waals surface area (Å²) in [5.41, 5.74) is 8.31. The Bertz CT molecular complexity index is 597. The van der Waals surface area contributed by atoms with E-state index < -0.39 is 0 Å². The number of nitrogens with one attached hydrogen (secondary N) is 1. The van der Waals surface area contributed by atoms with Gasteiger partial charge in [-0.15, -0.1) is 0 Å². The summed E-state index contributed by atoms with van der Waals surface area (Å²) < 4.78 is 5.13. The summed E-state index contributed by atoms with van der Waals surface area (Å²) >= 11 is 0. The molecule has 3 N–H and O–H groups in total. The molecule has 0 radical (unpaired) electrons. The van der Waals surface area contributed by atoms with Crippen molar-refractivity contribution in [3.63, 3.8) is 0 Å². The van der Waals surface area contributed by atoms with Crippen molar-refractivity contribution in [2.45, 2.75) is 13.0 Å². The molecule has 0 unspecified atom stereocenters. The topological polar surface area (TPSA) is 64.3 Å². The molecule has 0 spiro atoms. The van der Waals surface area contributed by atoms with E-state index in [1.807, 2.05) is 48.5 Å². The van der Waals surface area contributed by atoms with Crippen LogP contribution >= 0.6 is 0 Å². The van der Waals surface area contributed by atoms with Crippen molar-refractivity contribution in [2.24, 2.45) is 0 Å². The maximum Gasteiger partial charge on any atom is 0.224 e. The van der Waals surface area contributed by atoms with Crippen LogP contribution in [-0.2, 0) is 17.8 Å². The lowest BCUT2D eigenvalue weighted by atomic mass is 10.1. The summed E-state index contributed by atoms with van der Waals surface area (Å²) in [6.45, 7) is 0.480. The van der Waals surface area contributed by atoms with Gasteiger partial charge in [-0.2, -0.15) is 0 Å². The zero-order valence-corrected chi connectivity index (χ0v) is 11.4. The van der Waals surface area contributed by atoms with Crippen LogP contribution in [0, 0.1) is 0 Å². The fourth-order valence-corrected chi connectivity index (χ4v) is 1.93. The van der Waals surface area contributed by atoms with Gasteiger partial charge in [0, 0.05) is 12.2 Å². The molecule has 1 amide bonds. The van der Waals surface area contributed by atoms with Gasteiger partial charge in [-0.25, -0.2) is 0 Å². The summed E-state index contributed by atoms with van der Waals surface area (Å²) in [6, 6.07) is 15.0. The second-order valence-electron chi connectivity index (χ2n) is 4.55. The van der Waals surface area contributed by atoms with Crippen LogP contribution in [0.3, 0.4) is 0 Å². The predicted molar refractivity (Wildman–Crippen MR) is 79.4 cm³/mol. The first-order valence-electron chi connectivity index (χ1n) is 6.41. The summed E-state index contributed by atoms with van der Waals surface area (Å²) in [5, 5.41) is 2.88. The van der Waals surface area contributed by atoms with Crippen molar-refractivity contribution < 1.29 is 9.53 Å². The highest BCUT2D eigenvalue weighted by Crippen LogP contribution is 2.13. The van der Waals surface area contributed by atoms with E-state index in [0.29, 0.717) is 18.7 Å². The maximum absolute atomic E-state index is 11.9. The van der Waals surface area contributed by atoms with Gasteiger partial charge in [0.15, 0.2) is 0 Å². The molecule has 2 rings (SSSR count). The minimum Gasteiger partial charge on any atom is -0.497 e. The molecule has 2 aromatic rings. The van der Waals surface area contributed by atoms with Crippen LogP contribution in [0.5, 0.6) is 5.75 Å². The Hall–Kier alpha value is -2.49. The van der Waals surface area contributed by atoms with E-state index in [-0.39, 0.29) is 5.91 Å². The molecule has 4 heteroatoms. The molecule has 0 fully saturated rings. The quantitative estimate of drug-likeness (QED) is 0.818. The number of carbonyl (C=O) groups is 1. The van der Waals surface area contributed by atoms with Crippen LogP contribution in [0.25, 0.3) is 0 Å². The van der Waals surface area contributed by atoms with Crippen LogP contribution in [-0.4, -0.2) is 13.0 Å². The molecule has 0 aliphatic heterocycles. The number of methoxy groups -OCH3 is 1. The van der Waals surface area contributed by atoms with E-state index in [9.17, 15) is 4.79 Å². The average Bonchev–Trinajstić information content (AvgIpc) is 2.45. The van der Waals surface area contributed by atoms with Crippen molar-refractivity contribution in [1.29, 1.82) is 0 Å². The Kier molecular flexibility index (Phi) is 4.60. The van der Waals surface area contributed by atoms with Crippen molar-refractivity contribution in [3.8, 4) is 5.75 Å². The molecule has 0 aromatic heterocycles. The normalized spacial score (nSPS) is 10.1. The summed E-state index contributed by atoms with van der Waals surface area (Å²) in [6.07, 6.45) is 0.333. The molecule has 0 heterocycles. The van der Waals surface area contributed by atoms with E-state index in [1.54, 1.807) is 7.11 Å². The Morgan fingerprint density at radius 3 is 2.65 bits per heavy atom. The van der Waals surface area contributed by atoms with Crippen LogP contribution in [0.2, 0.25) is 0 Å². The second-order valence-corrected chi connectivity index (χ2v) is 4.55. The van der Waals surface area contributed by atoms with Gasteiger partial charge >= 0.3 is 0 Å². The highest BCUT2D eigenvalue weighted by molar-refractivity contribution is 5.78. The van der Waals surface area contributed by atoms with E-state index >= 15 is 0 Å². The molecule has 2 aromatic carbocycles. The number of carbonyl (C=O) groups excluding carboxylic acids is 1. The molecular formula is C16H18N2O2. The Balaban J connectivity index is 1.89. The molecule has 0 aliphatic rings.